The predicted octanol–water partition coefficient (Wildman–Crippen LogP) is 4.12. The van der Waals surface area contributed by atoms with Gasteiger partial charge in [0.15, 0.2) is 0 Å². The molecular formula is C19H19NO3S. The number of hydrogen-bond donors (Lipinski definition) is 0. The normalized spacial score (nSPS) is 11.8. The molecule has 0 amide bonds. The van der Waals surface area contributed by atoms with Crippen LogP contribution in [0.5, 0.6) is 5.75 Å². The second-order valence-electron chi connectivity index (χ2n) is 5.35. The molecule has 0 heterocycles. The summed E-state index contributed by atoms with van der Waals surface area (Å²) < 4.78 is 30.6. The fourth-order valence-corrected chi connectivity index (χ4v) is 3.21. The maximum atomic E-state index is 12.6. The highest BCUT2D eigenvalue weighted by atomic mass is 32.2. The molecule has 0 radical (unpaired) electrons. The highest BCUT2D eigenvalue weighted by Crippen LogP contribution is 2.22. The maximum Gasteiger partial charge on any atom is 0.216 e. The number of rotatable bonds is 6. The van der Waals surface area contributed by atoms with Gasteiger partial charge in [0, 0.05) is 0 Å². The van der Waals surface area contributed by atoms with E-state index in [1.54, 1.807) is 42.5 Å². The lowest BCUT2D eigenvalue weighted by atomic mass is 10.2. The molecule has 0 aromatic heterocycles. The SMILES string of the molecule is CCCOc1ccc(C=C(C#N)S(=O)(=O)c2ccc(C)cc2)cc1. The molecule has 0 atom stereocenters. The first-order valence-electron chi connectivity index (χ1n) is 7.64. The third-order valence-corrected chi connectivity index (χ3v) is 5.06. The Morgan fingerprint density at radius 3 is 2.29 bits per heavy atom. The number of sulfone groups is 1. The van der Waals surface area contributed by atoms with E-state index in [-0.39, 0.29) is 9.80 Å². The van der Waals surface area contributed by atoms with Crippen molar-refractivity contribution in [2.24, 2.45) is 0 Å². The molecule has 0 N–H and O–H groups in total. The summed E-state index contributed by atoms with van der Waals surface area (Å²) in [6.45, 7) is 4.52. The van der Waals surface area contributed by atoms with E-state index in [2.05, 4.69) is 0 Å². The molecule has 2 aromatic rings. The molecule has 2 rings (SSSR count). The Kier molecular flexibility index (Phi) is 5.78. The topological polar surface area (TPSA) is 67.2 Å². The van der Waals surface area contributed by atoms with Gasteiger partial charge in [-0.15, -0.1) is 0 Å². The van der Waals surface area contributed by atoms with Gasteiger partial charge in [0.2, 0.25) is 9.84 Å². The van der Waals surface area contributed by atoms with Gasteiger partial charge in [-0.3, -0.25) is 0 Å². The fourth-order valence-electron chi connectivity index (χ4n) is 2.05. The summed E-state index contributed by atoms with van der Waals surface area (Å²) >= 11 is 0. The van der Waals surface area contributed by atoms with E-state index in [0.29, 0.717) is 17.9 Å². The van der Waals surface area contributed by atoms with Crippen molar-refractivity contribution in [1.29, 1.82) is 5.26 Å². The van der Waals surface area contributed by atoms with Gasteiger partial charge >= 0.3 is 0 Å². The van der Waals surface area contributed by atoms with Gasteiger partial charge in [-0.1, -0.05) is 36.8 Å². The lowest BCUT2D eigenvalue weighted by molar-refractivity contribution is 0.317. The molecule has 0 saturated carbocycles. The minimum atomic E-state index is -3.82. The predicted molar refractivity (Wildman–Crippen MR) is 94.2 cm³/mol. The summed E-state index contributed by atoms with van der Waals surface area (Å²) in [5.41, 5.74) is 1.59. The van der Waals surface area contributed by atoms with E-state index in [4.69, 9.17) is 4.74 Å². The van der Waals surface area contributed by atoms with Crippen LogP contribution in [0.15, 0.2) is 58.3 Å². The molecule has 4 nitrogen and oxygen atoms in total. The summed E-state index contributed by atoms with van der Waals surface area (Å²) in [7, 11) is -3.82. The van der Waals surface area contributed by atoms with Crippen LogP contribution < -0.4 is 4.74 Å². The van der Waals surface area contributed by atoms with Gasteiger partial charge in [-0.05, 0) is 49.2 Å². The molecule has 0 aliphatic rings. The largest absolute Gasteiger partial charge is 0.494 e. The Morgan fingerprint density at radius 1 is 1.12 bits per heavy atom. The summed E-state index contributed by atoms with van der Waals surface area (Å²) in [6, 6.07) is 15.2. The van der Waals surface area contributed by atoms with Crippen LogP contribution in [0.1, 0.15) is 24.5 Å². The number of ether oxygens (including phenoxy) is 1. The first kappa shape index (κ1) is 17.8. The smallest absolute Gasteiger partial charge is 0.216 e. The second-order valence-corrected chi connectivity index (χ2v) is 7.27. The highest BCUT2D eigenvalue weighted by Gasteiger charge is 2.20. The van der Waals surface area contributed by atoms with Crippen molar-refractivity contribution in [3.05, 3.63) is 64.6 Å². The molecule has 0 aliphatic carbocycles. The van der Waals surface area contributed by atoms with Crippen LogP contribution >= 0.6 is 0 Å². The number of aryl methyl sites for hydroxylation is 1. The minimum absolute atomic E-state index is 0.115. The number of nitrogens with zero attached hydrogens (tertiary/aromatic N) is 1. The van der Waals surface area contributed by atoms with E-state index in [9.17, 15) is 13.7 Å². The van der Waals surface area contributed by atoms with E-state index in [0.717, 1.165) is 12.0 Å². The third kappa shape index (κ3) is 4.24. The van der Waals surface area contributed by atoms with Gasteiger partial charge in [0.25, 0.3) is 0 Å². The molecule has 0 saturated heterocycles. The molecule has 5 heteroatoms. The van der Waals surface area contributed by atoms with Crippen LogP contribution in [0, 0.1) is 18.3 Å². The molecular weight excluding hydrogens is 322 g/mol. The van der Waals surface area contributed by atoms with Crippen LogP contribution in [0.3, 0.4) is 0 Å². The Balaban J connectivity index is 2.31. The van der Waals surface area contributed by atoms with E-state index in [1.165, 1.54) is 18.2 Å². The van der Waals surface area contributed by atoms with Crippen molar-refractivity contribution < 1.29 is 13.2 Å². The van der Waals surface area contributed by atoms with Crippen molar-refractivity contribution in [2.45, 2.75) is 25.2 Å². The van der Waals surface area contributed by atoms with Crippen molar-refractivity contribution in [2.75, 3.05) is 6.61 Å². The zero-order valence-corrected chi connectivity index (χ0v) is 14.5. The van der Waals surface area contributed by atoms with E-state index in [1.807, 2.05) is 13.8 Å². The summed E-state index contributed by atoms with van der Waals surface area (Å²) in [4.78, 5) is -0.169. The van der Waals surface area contributed by atoms with E-state index < -0.39 is 9.84 Å². The second kappa shape index (κ2) is 7.80. The lowest BCUT2D eigenvalue weighted by Crippen LogP contribution is -2.03. The monoisotopic (exact) mass is 341 g/mol. The first-order valence-corrected chi connectivity index (χ1v) is 9.12. The molecule has 0 bridgehead atoms. The van der Waals surface area contributed by atoms with Crippen LogP contribution in [-0.4, -0.2) is 15.0 Å². The number of nitriles is 1. The molecule has 0 spiro atoms. The van der Waals surface area contributed by atoms with E-state index >= 15 is 0 Å². The Morgan fingerprint density at radius 2 is 1.75 bits per heavy atom. The van der Waals surface area contributed by atoms with Gasteiger partial charge in [0.1, 0.15) is 16.7 Å². The fraction of sp³-hybridized carbons (Fsp3) is 0.211. The Hall–Kier alpha value is -2.58. The quantitative estimate of drug-likeness (QED) is 0.741. The number of allylic oxidation sites excluding steroid dienone is 1. The molecule has 0 fully saturated rings. The van der Waals surface area contributed by atoms with Crippen molar-refractivity contribution in [3.8, 4) is 11.8 Å². The molecule has 24 heavy (non-hydrogen) atoms. The first-order chi connectivity index (χ1) is 11.5. The zero-order valence-electron chi connectivity index (χ0n) is 13.7. The van der Waals surface area contributed by atoms with Crippen LogP contribution in [-0.2, 0) is 9.84 Å². The van der Waals surface area contributed by atoms with Gasteiger partial charge in [-0.2, -0.15) is 5.26 Å². The minimum Gasteiger partial charge on any atom is -0.494 e. The lowest BCUT2D eigenvalue weighted by Gasteiger charge is -2.05. The molecule has 124 valence electrons. The Bertz CT molecular complexity index is 858. The van der Waals surface area contributed by atoms with Crippen LogP contribution in [0.2, 0.25) is 0 Å². The average molecular weight is 341 g/mol. The maximum absolute atomic E-state index is 12.6. The standard InChI is InChI=1S/C19H19NO3S/c1-3-12-23-17-8-6-16(7-9-17)13-19(14-20)24(21,22)18-10-4-15(2)5-11-18/h4-11,13H,3,12H2,1-2H3. The molecule has 0 aliphatic heterocycles. The van der Waals surface area contributed by atoms with Gasteiger partial charge in [0.05, 0.1) is 11.5 Å². The summed E-state index contributed by atoms with van der Waals surface area (Å²) in [6.07, 6.45) is 2.29. The molecule has 0 unspecified atom stereocenters. The van der Waals surface area contributed by atoms with Gasteiger partial charge < -0.3 is 4.74 Å². The zero-order chi connectivity index (χ0) is 17.6. The highest BCUT2D eigenvalue weighted by molar-refractivity contribution is 7.95. The average Bonchev–Trinajstić information content (AvgIpc) is 2.59. The Labute approximate surface area is 142 Å². The van der Waals surface area contributed by atoms with Crippen LogP contribution in [0.25, 0.3) is 6.08 Å². The molecule has 2 aromatic carbocycles. The summed E-state index contributed by atoms with van der Waals surface area (Å²) in [5, 5.41) is 9.29. The third-order valence-electron chi connectivity index (χ3n) is 3.38. The van der Waals surface area contributed by atoms with Crippen molar-refractivity contribution in [3.63, 3.8) is 0 Å². The summed E-state index contributed by atoms with van der Waals surface area (Å²) in [5.74, 6) is 0.717. The number of benzene rings is 2. The van der Waals surface area contributed by atoms with Crippen LogP contribution in [0.4, 0.5) is 0 Å². The number of hydrogen-bond acceptors (Lipinski definition) is 4. The van der Waals surface area contributed by atoms with Crippen molar-refractivity contribution >= 4 is 15.9 Å². The van der Waals surface area contributed by atoms with Crippen molar-refractivity contribution in [1.82, 2.24) is 0 Å². The van der Waals surface area contributed by atoms with Gasteiger partial charge in [-0.25, -0.2) is 8.42 Å².